The number of nitrogen functional groups attached to an aromatic ring is 1. The van der Waals surface area contributed by atoms with E-state index < -0.39 is 5.82 Å². The quantitative estimate of drug-likeness (QED) is 0.830. The van der Waals surface area contributed by atoms with Crippen LogP contribution >= 0.6 is 0 Å². The van der Waals surface area contributed by atoms with Gasteiger partial charge in [-0.2, -0.15) is 4.98 Å². The first-order valence-electron chi connectivity index (χ1n) is 5.50. The molecule has 0 aliphatic rings. The molecule has 0 aliphatic heterocycles. The Kier molecular flexibility index (Phi) is 3.08. The third-order valence-electron chi connectivity index (χ3n) is 2.72. The predicted octanol–water partition coefficient (Wildman–Crippen LogP) is 2.97. The summed E-state index contributed by atoms with van der Waals surface area (Å²) in [5, 5.41) is 3.84. The summed E-state index contributed by atoms with van der Waals surface area (Å²) >= 11 is 0. The van der Waals surface area contributed by atoms with E-state index >= 15 is 0 Å². The van der Waals surface area contributed by atoms with Gasteiger partial charge >= 0.3 is 0 Å². The molecule has 2 rings (SSSR count). The fourth-order valence-electron chi connectivity index (χ4n) is 1.43. The molecule has 2 aromatic rings. The van der Waals surface area contributed by atoms with Crippen LogP contribution in [0, 0.1) is 5.82 Å². The lowest BCUT2D eigenvalue weighted by molar-refractivity contribution is 0.414. The van der Waals surface area contributed by atoms with Crippen LogP contribution in [0.3, 0.4) is 0 Å². The molecular formula is C12H14FN3O. The highest BCUT2D eigenvalue weighted by atomic mass is 19.1. The molecule has 0 saturated heterocycles. The Balaban J connectivity index is 2.37. The minimum atomic E-state index is -0.454. The first-order valence-corrected chi connectivity index (χ1v) is 5.50. The van der Waals surface area contributed by atoms with Crippen molar-refractivity contribution in [2.75, 3.05) is 5.73 Å². The van der Waals surface area contributed by atoms with Crippen LogP contribution in [-0.4, -0.2) is 10.1 Å². The van der Waals surface area contributed by atoms with E-state index in [0.717, 1.165) is 6.42 Å². The van der Waals surface area contributed by atoms with E-state index in [1.165, 1.54) is 6.07 Å². The summed E-state index contributed by atoms with van der Waals surface area (Å²) in [5.74, 6) is 0.533. The number of rotatable bonds is 3. The molecule has 0 saturated carbocycles. The van der Waals surface area contributed by atoms with Crippen molar-refractivity contribution in [3.05, 3.63) is 29.8 Å². The van der Waals surface area contributed by atoms with Gasteiger partial charge in [-0.25, -0.2) is 4.39 Å². The summed E-state index contributed by atoms with van der Waals surface area (Å²) in [5.41, 5.74) is 6.12. The molecule has 1 atom stereocenters. The van der Waals surface area contributed by atoms with Gasteiger partial charge in [-0.1, -0.05) is 19.0 Å². The van der Waals surface area contributed by atoms with Crippen LogP contribution in [0.1, 0.15) is 32.0 Å². The zero-order valence-electron chi connectivity index (χ0n) is 9.77. The average Bonchev–Trinajstić information content (AvgIpc) is 2.77. The zero-order chi connectivity index (χ0) is 12.4. The maximum absolute atomic E-state index is 13.6. The van der Waals surface area contributed by atoms with Crippen LogP contribution in [0.15, 0.2) is 22.7 Å². The second-order valence-electron chi connectivity index (χ2n) is 4.01. The van der Waals surface area contributed by atoms with Gasteiger partial charge < -0.3 is 10.3 Å². The van der Waals surface area contributed by atoms with E-state index in [-0.39, 0.29) is 17.4 Å². The van der Waals surface area contributed by atoms with Gasteiger partial charge in [0.25, 0.3) is 5.89 Å². The Bertz CT molecular complexity index is 524. The SMILES string of the molecule is CCC(C)c1noc(-c2ccc(N)cc2F)n1. The van der Waals surface area contributed by atoms with Gasteiger partial charge in [0.05, 0.1) is 5.56 Å². The summed E-state index contributed by atoms with van der Waals surface area (Å²) in [6, 6.07) is 4.38. The molecule has 0 amide bonds. The van der Waals surface area contributed by atoms with Crippen molar-refractivity contribution in [2.24, 2.45) is 0 Å². The monoisotopic (exact) mass is 235 g/mol. The lowest BCUT2D eigenvalue weighted by Gasteiger charge is -1.99. The number of aromatic nitrogens is 2. The number of nitrogens with two attached hydrogens (primary N) is 1. The summed E-state index contributed by atoms with van der Waals surface area (Å²) in [6.07, 6.45) is 0.906. The van der Waals surface area contributed by atoms with Crippen LogP contribution in [-0.2, 0) is 0 Å². The van der Waals surface area contributed by atoms with Crippen LogP contribution in [0.5, 0.6) is 0 Å². The first-order chi connectivity index (χ1) is 8.11. The molecule has 90 valence electrons. The molecule has 1 aromatic heterocycles. The van der Waals surface area contributed by atoms with Gasteiger partial charge in [-0.15, -0.1) is 0 Å². The van der Waals surface area contributed by atoms with Crippen LogP contribution < -0.4 is 5.73 Å². The molecule has 17 heavy (non-hydrogen) atoms. The molecular weight excluding hydrogens is 221 g/mol. The van der Waals surface area contributed by atoms with Gasteiger partial charge in [0.1, 0.15) is 5.82 Å². The van der Waals surface area contributed by atoms with E-state index in [9.17, 15) is 4.39 Å². The highest BCUT2D eigenvalue weighted by Gasteiger charge is 2.16. The molecule has 1 heterocycles. The number of anilines is 1. The van der Waals surface area contributed by atoms with E-state index in [1.807, 2.05) is 13.8 Å². The lowest BCUT2D eigenvalue weighted by Crippen LogP contribution is -1.94. The molecule has 2 N–H and O–H groups in total. The van der Waals surface area contributed by atoms with Crippen LogP contribution in [0.25, 0.3) is 11.5 Å². The van der Waals surface area contributed by atoms with Crippen LogP contribution in [0.4, 0.5) is 10.1 Å². The summed E-state index contributed by atoms with van der Waals surface area (Å²) < 4.78 is 18.7. The van der Waals surface area contributed by atoms with Gasteiger partial charge in [-0.3, -0.25) is 0 Å². The standard InChI is InChI=1S/C12H14FN3O/c1-3-7(2)11-15-12(17-16-11)9-5-4-8(14)6-10(9)13/h4-7H,3,14H2,1-2H3. The number of hydrogen-bond acceptors (Lipinski definition) is 4. The largest absolute Gasteiger partial charge is 0.399 e. The molecule has 0 aliphatic carbocycles. The van der Waals surface area contributed by atoms with E-state index in [2.05, 4.69) is 10.1 Å². The average molecular weight is 235 g/mol. The maximum Gasteiger partial charge on any atom is 0.260 e. The molecule has 1 unspecified atom stereocenters. The van der Waals surface area contributed by atoms with E-state index in [4.69, 9.17) is 10.3 Å². The Hall–Kier alpha value is -1.91. The van der Waals surface area contributed by atoms with Gasteiger partial charge in [0.15, 0.2) is 5.82 Å². The van der Waals surface area contributed by atoms with Crippen molar-refractivity contribution in [3.8, 4) is 11.5 Å². The van der Waals surface area contributed by atoms with Gasteiger partial charge in [-0.05, 0) is 24.6 Å². The lowest BCUT2D eigenvalue weighted by atomic mass is 10.1. The van der Waals surface area contributed by atoms with Crippen molar-refractivity contribution < 1.29 is 8.91 Å². The van der Waals surface area contributed by atoms with Gasteiger partial charge in [0, 0.05) is 11.6 Å². The molecule has 0 bridgehead atoms. The fraction of sp³-hybridized carbons (Fsp3) is 0.333. The fourth-order valence-corrected chi connectivity index (χ4v) is 1.43. The third kappa shape index (κ3) is 2.27. The molecule has 1 aromatic carbocycles. The maximum atomic E-state index is 13.6. The minimum absolute atomic E-state index is 0.192. The number of halogens is 1. The highest BCUT2D eigenvalue weighted by molar-refractivity contribution is 5.58. The topological polar surface area (TPSA) is 64.9 Å². The second-order valence-corrected chi connectivity index (χ2v) is 4.01. The Labute approximate surface area is 98.6 Å². The zero-order valence-corrected chi connectivity index (χ0v) is 9.77. The molecule has 0 fully saturated rings. The van der Waals surface area contributed by atoms with Crippen molar-refractivity contribution in [3.63, 3.8) is 0 Å². The normalized spacial score (nSPS) is 12.6. The summed E-state index contributed by atoms with van der Waals surface area (Å²) in [6.45, 7) is 4.03. The Morgan fingerprint density at radius 3 is 2.88 bits per heavy atom. The van der Waals surface area contributed by atoms with Crippen molar-refractivity contribution in [1.29, 1.82) is 0 Å². The van der Waals surface area contributed by atoms with E-state index in [0.29, 0.717) is 11.5 Å². The summed E-state index contributed by atoms with van der Waals surface area (Å²) in [7, 11) is 0. The van der Waals surface area contributed by atoms with Crippen molar-refractivity contribution in [1.82, 2.24) is 10.1 Å². The van der Waals surface area contributed by atoms with Crippen LogP contribution in [0.2, 0.25) is 0 Å². The molecule has 0 radical (unpaired) electrons. The molecule has 5 heteroatoms. The van der Waals surface area contributed by atoms with Crippen molar-refractivity contribution >= 4 is 5.69 Å². The van der Waals surface area contributed by atoms with Gasteiger partial charge in [0.2, 0.25) is 0 Å². The third-order valence-corrected chi connectivity index (χ3v) is 2.72. The predicted molar refractivity (Wildman–Crippen MR) is 62.8 cm³/mol. The molecule has 4 nitrogen and oxygen atoms in total. The molecule has 0 spiro atoms. The first kappa shape index (κ1) is 11.6. The summed E-state index contributed by atoms with van der Waals surface area (Å²) in [4.78, 5) is 4.18. The number of nitrogens with zero attached hydrogens (tertiary/aromatic N) is 2. The smallest absolute Gasteiger partial charge is 0.260 e. The Morgan fingerprint density at radius 1 is 1.47 bits per heavy atom. The highest BCUT2D eigenvalue weighted by Crippen LogP contribution is 2.25. The minimum Gasteiger partial charge on any atom is -0.399 e. The Morgan fingerprint density at radius 2 is 2.24 bits per heavy atom. The van der Waals surface area contributed by atoms with E-state index in [1.54, 1.807) is 12.1 Å². The number of hydrogen-bond donors (Lipinski definition) is 1. The number of benzene rings is 1. The second kappa shape index (κ2) is 4.53. The van der Waals surface area contributed by atoms with Crippen molar-refractivity contribution in [2.45, 2.75) is 26.2 Å².